The number of likely N-dealkylation sites (N-methyl/N-ethyl adjacent to an activating group) is 1. The Balaban J connectivity index is 1.75. The van der Waals surface area contributed by atoms with Gasteiger partial charge in [0.25, 0.3) is 0 Å². The molecule has 1 unspecified atom stereocenters. The Kier molecular flexibility index (Phi) is 3.06. The van der Waals surface area contributed by atoms with Crippen LogP contribution < -0.4 is 0 Å². The third-order valence-electron chi connectivity index (χ3n) is 3.51. The van der Waals surface area contributed by atoms with Gasteiger partial charge in [0.15, 0.2) is 0 Å². The van der Waals surface area contributed by atoms with Gasteiger partial charge < -0.3 is 4.90 Å². The minimum Gasteiger partial charge on any atom is -0.301 e. The summed E-state index contributed by atoms with van der Waals surface area (Å²) in [6, 6.07) is 0.628. The Bertz CT molecular complexity index is 207. The molecule has 14 heavy (non-hydrogen) atoms. The van der Waals surface area contributed by atoms with E-state index in [2.05, 4.69) is 29.0 Å². The number of likely N-dealkylation sites (tertiary alicyclic amines) is 1. The minimum absolute atomic E-state index is 0.628. The summed E-state index contributed by atoms with van der Waals surface area (Å²) in [7, 11) is 2.08. The molecule has 2 aliphatic heterocycles. The maximum absolute atomic E-state index is 4.28. The SMILES string of the molecule is CC1CCN(CC2CC=NN2C)CC1. The molecule has 2 aliphatic rings. The molecule has 1 fully saturated rings. The molecule has 2 heterocycles. The molecular weight excluding hydrogens is 174 g/mol. The highest BCUT2D eigenvalue weighted by Crippen LogP contribution is 2.18. The summed E-state index contributed by atoms with van der Waals surface area (Å²) in [5.74, 6) is 0.934. The highest BCUT2D eigenvalue weighted by Gasteiger charge is 2.22. The van der Waals surface area contributed by atoms with Gasteiger partial charge in [-0.3, -0.25) is 5.01 Å². The Morgan fingerprint density at radius 2 is 2.07 bits per heavy atom. The zero-order chi connectivity index (χ0) is 9.97. The normalized spacial score (nSPS) is 30.1. The van der Waals surface area contributed by atoms with Gasteiger partial charge in [-0.25, -0.2) is 0 Å². The van der Waals surface area contributed by atoms with Crippen molar-refractivity contribution in [3.05, 3.63) is 0 Å². The quantitative estimate of drug-likeness (QED) is 0.663. The number of piperidine rings is 1. The molecule has 1 saturated heterocycles. The number of rotatable bonds is 2. The summed E-state index contributed by atoms with van der Waals surface area (Å²) in [5, 5.41) is 6.39. The second kappa shape index (κ2) is 4.30. The second-order valence-electron chi connectivity index (χ2n) is 4.74. The molecule has 0 saturated carbocycles. The van der Waals surface area contributed by atoms with Crippen LogP contribution in [0.5, 0.6) is 0 Å². The lowest BCUT2D eigenvalue weighted by Gasteiger charge is -2.33. The van der Waals surface area contributed by atoms with Crippen molar-refractivity contribution < 1.29 is 0 Å². The van der Waals surface area contributed by atoms with Crippen LogP contribution in [-0.2, 0) is 0 Å². The highest BCUT2D eigenvalue weighted by atomic mass is 15.5. The zero-order valence-electron chi connectivity index (χ0n) is 9.32. The maximum atomic E-state index is 4.28. The summed E-state index contributed by atoms with van der Waals surface area (Å²) in [4.78, 5) is 2.59. The number of hydrogen-bond acceptors (Lipinski definition) is 3. The first-order valence-corrected chi connectivity index (χ1v) is 5.73. The largest absolute Gasteiger partial charge is 0.301 e. The van der Waals surface area contributed by atoms with Crippen LogP contribution in [0.15, 0.2) is 5.10 Å². The molecule has 0 spiro atoms. The first kappa shape index (κ1) is 9.97. The van der Waals surface area contributed by atoms with Gasteiger partial charge in [-0.2, -0.15) is 5.10 Å². The minimum atomic E-state index is 0.628. The van der Waals surface area contributed by atoms with E-state index in [1.54, 1.807) is 0 Å². The molecule has 0 bridgehead atoms. The smallest absolute Gasteiger partial charge is 0.0644 e. The van der Waals surface area contributed by atoms with E-state index in [4.69, 9.17) is 0 Å². The fraction of sp³-hybridized carbons (Fsp3) is 0.909. The van der Waals surface area contributed by atoms with Crippen LogP contribution in [-0.4, -0.2) is 48.8 Å². The Hall–Kier alpha value is -0.570. The van der Waals surface area contributed by atoms with E-state index in [1.165, 1.54) is 32.5 Å². The molecule has 0 aromatic rings. The number of hydrogen-bond donors (Lipinski definition) is 0. The molecule has 0 amide bonds. The molecule has 80 valence electrons. The van der Waals surface area contributed by atoms with Crippen LogP contribution in [0.2, 0.25) is 0 Å². The van der Waals surface area contributed by atoms with Gasteiger partial charge in [0, 0.05) is 26.2 Å². The van der Waals surface area contributed by atoms with E-state index in [0.717, 1.165) is 12.3 Å². The monoisotopic (exact) mass is 195 g/mol. The molecule has 0 aromatic heterocycles. The molecule has 0 N–H and O–H groups in total. The van der Waals surface area contributed by atoms with Crippen molar-refractivity contribution >= 4 is 6.21 Å². The predicted octanol–water partition coefficient (Wildman–Crippen LogP) is 1.41. The molecule has 3 heteroatoms. The van der Waals surface area contributed by atoms with Crippen LogP contribution in [0.3, 0.4) is 0 Å². The van der Waals surface area contributed by atoms with Crippen molar-refractivity contribution in [1.82, 2.24) is 9.91 Å². The summed E-state index contributed by atoms with van der Waals surface area (Å²) >= 11 is 0. The highest BCUT2D eigenvalue weighted by molar-refractivity contribution is 5.59. The van der Waals surface area contributed by atoms with Crippen LogP contribution in [0.1, 0.15) is 26.2 Å². The summed E-state index contributed by atoms with van der Waals surface area (Å²) in [6.07, 6.45) is 5.91. The second-order valence-corrected chi connectivity index (χ2v) is 4.74. The van der Waals surface area contributed by atoms with Gasteiger partial charge >= 0.3 is 0 Å². The third kappa shape index (κ3) is 2.27. The average molecular weight is 195 g/mol. The van der Waals surface area contributed by atoms with Gasteiger partial charge in [0.1, 0.15) is 0 Å². The van der Waals surface area contributed by atoms with E-state index in [0.29, 0.717) is 6.04 Å². The Morgan fingerprint density at radius 1 is 1.36 bits per heavy atom. The fourth-order valence-corrected chi connectivity index (χ4v) is 2.28. The van der Waals surface area contributed by atoms with E-state index in [1.807, 2.05) is 6.21 Å². The third-order valence-corrected chi connectivity index (χ3v) is 3.51. The summed E-state index contributed by atoms with van der Waals surface area (Å²) < 4.78 is 0. The van der Waals surface area contributed by atoms with Gasteiger partial charge in [0.2, 0.25) is 0 Å². The van der Waals surface area contributed by atoms with Crippen molar-refractivity contribution in [2.24, 2.45) is 11.0 Å². The van der Waals surface area contributed by atoms with Crippen molar-refractivity contribution in [1.29, 1.82) is 0 Å². The van der Waals surface area contributed by atoms with Crippen molar-refractivity contribution in [2.45, 2.75) is 32.2 Å². The molecule has 0 aromatic carbocycles. The van der Waals surface area contributed by atoms with Gasteiger partial charge in [-0.15, -0.1) is 0 Å². The lowest BCUT2D eigenvalue weighted by Crippen LogP contribution is -2.41. The average Bonchev–Trinajstić information content (AvgIpc) is 2.56. The van der Waals surface area contributed by atoms with E-state index >= 15 is 0 Å². The molecular formula is C11H21N3. The molecule has 2 rings (SSSR count). The lowest BCUT2D eigenvalue weighted by molar-refractivity contribution is 0.142. The first-order valence-electron chi connectivity index (χ1n) is 5.73. The van der Waals surface area contributed by atoms with Crippen molar-refractivity contribution in [3.63, 3.8) is 0 Å². The number of hydrazone groups is 1. The Labute approximate surface area is 86.8 Å². The van der Waals surface area contributed by atoms with E-state index in [9.17, 15) is 0 Å². The van der Waals surface area contributed by atoms with Crippen molar-refractivity contribution in [2.75, 3.05) is 26.7 Å². The Morgan fingerprint density at radius 3 is 2.64 bits per heavy atom. The van der Waals surface area contributed by atoms with Gasteiger partial charge in [-0.1, -0.05) is 6.92 Å². The van der Waals surface area contributed by atoms with Crippen LogP contribution in [0, 0.1) is 5.92 Å². The van der Waals surface area contributed by atoms with Crippen LogP contribution in [0.4, 0.5) is 0 Å². The first-order chi connectivity index (χ1) is 6.75. The molecule has 1 atom stereocenters. The summed E-state index contributed by atoms with van der Waals surface area (Å²) in [5.41, 5.74) is 0. The zero-order valence-corrected chi connectivity index (χ0v) is 9.32. The van der Waals surface area contributed by atoms with E-state index < -0.39 is 0 Å². The van der Waals surface area contributed by atoms with Crippen LogP contribution >= 0.6 is 0 Å². The summed E-state index contributed by atoms with van der Waals surface area (Å²) in [6.45, 7) is 6.13. The van der Waals surface area contributed by atoms with Crippen molar-refractivity contribution in [3.8, 4) is 0 Å². The number of nitrogens with zero attached hydrogens (tertiary/aromatic N) is 3. The maximum Gasteiger partial charge on any atom is 0.0644 e. The fourth-order valence-electron chi connectivity index (χ4n) is 2.28. The molecule has 3 nitrogen and oxygen atoms in total. The standard InChI is InChI=1S/C11H21N3/c1-10-4-7-14(8-5-10)9-11-3-6-12-13(11)2/h6,10-11H,3-5,7-9H2,1-2H3. The molecule has 0 radical (unpaired) electrons. The molecule has 0 aliphatic carbocycles. The van der Waals surface area contributed by atoms with E-state index in [-0.39, 0.29) is 0 Å². The van der Waals surface area contributed by atoms with Gasteiger partial charge in [0.05, 0.1) is 6.04 Å². The topological polar surface area (TPSA) is 18.8 Å². The predicted molar refractivity (Wildman–Crippen MR) is 59.5 cm³/mol. The van der Waals surface area contributed by atoms with Crippen LogP contribution in [0.25, 0.3) is 0 Å². The van der Waals surface area contributed by atoms with Gasteiger partial charge in [-0.05, 0) is 31.8 Å². The lowest BCUT2D eigenvalue weighted by atomic mass is 9.99.